The highest BCUT2D eigenvalue weighted by Crippen LogP contribution is 2.23. The maximum atomic E-state index is 13.5. The molecule has 122 valence electrons. The quantitative estimate of drug-likeness (QED) is 0.637. The lowest BCUT2D eigenvalue weighted by molar-refractivity contribution is -0.112. The second kappa shape index (κ2) is 7.57. The highest BCUT2D eigenvalue weighted by molar-refractivity contribution is 6.31. The molecule has 0 atom stereocenters. The number of benzene rings is 2. The van der Waals surface area contributed by atoms with E-state index >= 15 is 0 Å². The summed E-state index contributed by atoms with van der Waals surface area (Å²) in [5.41, 5.74) is 0.276. The zero-order chi connectivity index (χ0) is 17.7. The van der Waals surface area contributed by atoms with Crippen LogP contribution >= 0.6 is 11.6 Å². The molecule has 0 aliphatic heterocycles. The molecule has 0 aromatic heterocycles. The molecule has 0 unspecified atom stereocenters. The normalized spacial score (nSPS) is 10.9. The molecule has 7 heteroatoms. The minimum Gasteiger partial charge on any atom is -0.355 e. The van der Waals surface area contributed by atoms with Crippen molar-refractivity contribution in [1.82, 2.24) is 0 Å². The summed E-state index contributed by atoms with van der Waals surface area (Å²) in [5, 5.41) is 14.4. The molecular formula is C17H12ClF2N3O. The second-order valence-corrected chi connectivity index (χ2v) is 5.18. The summed E-state index contributed by atoms with van der Waals surface area (Å²) >= 11 is 5.96. The fourth-order valence-corrected chi connectivity index (χ4v) is 2.04. The summed E-state index contributed by atoms with van der Waals surface area (Å²) in [4.78, 5) is 12.1. The van der Waals surface area contributed by atoms with Gasteiger partial charge in [0, 0.05) is 16.9 Å². The number of carbonyl (C=O) groups excluding carboxylic acids is 1. The van der Waals surface area contributed by atoms with Crippen LogP contribution in [0.2, 0.25) is 5.02 Å². The molecule has 4 nitrogen and oxygen atoms in total. The SMILES string of the molecule is Cc1c(Cl)cccc1NC(=O)/C(C#N)=C\Nc1c(F)cccc1F. The van der Waals surface area contributed by atoms with Crippen LogP contribution in [-0.2, 0) is 4.79 Å². The number of amides is 1. The Hall–Kier alpha value is -2.91. The van der Waals surface area contributed by atoms with E-state index in [2.05, 4.69) is 10.6 Å². The predicted octanol–water partition coefficient (Wildman–Crippen LogP) is 4.38. The van der Waals surface area contributed by atoms with Crippen molar-refractivity contribution in [3.05, 3.63) is 70.4 Å². The van der Waals surface area contributed by atoms with E-state index in [0.717, 1.165) is 18.3 Å². The lowest BCUT2D eigenvalue weighted by Crippen LogP contribution is -2.15. The summed E-state index contributed by atoms with van der Waals surface area (Å²) in [6.45, 7) is 1.71. The van der Waals surface area contributed by atoms with Crippen molar-refractivity contribution in [3.8, 4) is 6.07 Å². The number of anilines is 2. The summed E-state index contributed by atoms with van der Waals surface area (Å²) in [6.07, 6.45) is 0.941. The Morgan fingerprint density at radius 2 is 1.83 bits per heavy atom. The molecule has 0 spiro atoms. The number of nitriles is 1. The van der Waals surface area contributed by atoms with Crippen LogP contribution in [0.4, 0.5) is 20.2 Å². The zero-order valence-corrected chi connectivity index (χ0v) is 13.3. The van der Waals surface area contributed by atoms with Gasteiger partial charge in [0.25, 0.3) is 5.91 Å². The van der Waals surface area contributed by atoms with E-state index in [1.807, 2.05) is 0 Å². The Labute approximate surface area is 142 Å². The molecule has 0 saturated heterocycles. The van der Waals surface area contributed by atoms with Crippen molar-refractivity contribution in [2.24, 2.45) is 0 Å². The van der Waals surface area contributed by atoms with E-state index < -0.39 is 23.2 Å². The standard InChI is InChI=1S/C17H12ClF2N3O/c1-10-12(18)4-2-7-15(10)23-17(24)11(8-21)9-22-16-13(19)5-3-6-14(16)20/h2-7,9,22H,1H3,(H,23,24)/b11-9-. The van der Waals surface area contributed by atoms with E-state index in [9.17, 15) is 13.6 Å². The van der Waals surface area contributed by atoms with Gasteiger partial charge in [0.2, 0.25) is 0 Å². The smallest absolute Gasteiger partial charge is 0.267 e. The minimum absolute atomic E-state index is 0.350. The third-order valence-electron chi connectivity index (χ3n) is 3.20. The Morgan fingerprint density at radius 3 is 2.46 bits per heavy atom. The number of rotatable bonds is 4. The third-order valence-corrected chi connectivity index (χ3v) is 3.61. The number of hydrogen-bond acceptors (Lipinski definition) is 3. The molecule has 2 aromatic carbocycles. The van der Waals surface area contributed by atoms with E-state index in [-0.39, 0.29) is 5.57 Å². The van der Waals surface area contributed by atoms with Crippen LogP contribution in [0.15, 0.2) is 48.2 Å². The van der Waals surface area contributed by atoms with Gasteiger partial charge in [-0.1, -0.05) is 23.7 Å². The van der Waals surface area contributed by atoms with Crippen molar-refractivity contribution < 1.29 is 13.6 Å². The van der Waals surface area contributed by atoms with Gasteiger partial charge in [-0.3, -0.25) is 4.79 Å². The van der Waals surface area contributed by atoms with Gasteiger partial charge >= 0.3 is 0 Å². The molecule has 2 aromatic rings. The van der Waals surface area contributed by atoms with Gasteiger partial charge < -0.3 is 10.6 Å². The van der Waals surface area contributed by atoms with Crippen molar-refractivity contribution >= 4 is 28.9 Å². The minimum atomic E-state index is -0.838. The summed E-state index contributed by atoms with van der Waals surface area (Å²) in [6, 6.07) is 9.93. The molecule has 24 heavy (non-hydrogen) atoms. The monoisotopic (exact) mass is 347 g/mol. The van der Waals surface area contributed by atoms with E-state index in [0.29, 0.717) is 16.3 Å². The first kappa shape index (κ1) is 17.4. The Balaban J connectivity index is 2.20. The lowest BCUT2D eigenvalue weighted by Gasteiger charge is -2.09. The molecule has 0 saturated carbocycles. The van der Waals surface area contributed by atoms with Gasteiger partial charge in [0.05, 0.1) is 0 Å². The van der Waals surface area contributed by atoms with Crippen molar-refractivity contribution in [3.63, 3.8) is 0 Å². The van der Waals surface area contributed by atoms with Crippen LogP contribution in [0.1, 0.15) is 5.56 Å². The highest BCUT2D eigenvalue weighted by atomic mass is 35.5. The van der Waals surface area contributed by atoms with Crippen molar-refractivity contribution in [2.75, 3.05) is 10.6 Å². The molecule has 0 heterocycles. The molecule has 0 aliphatic rings. The Bertz CT molecular complexity index is 839. The van der Waals surface area contributed by atoms with Gasteiger partial charge in [-0.25, -0.2) is 8.78 Å². The topological polar surface area (TPSA) is 64.9 Å². The number of hydrogen-bond donors (Lipinski definition) is 2. The first-order valence-corrected chi connectivity index (χ1v) is 7.19. The van der Waals surface area contributed by atoms with Gasteiger partial charge in [-0.05, 0) is 36.8 Å². The van der Waals surface area contributed by atoms with Crippen molar-refractivity contribution in [2.45, 2.75) is 6.92 Å². The van der Waals surface area contributed by atoms with Gasteiger partial charge in [0.1, 0.15) is 29.0 Å². The summed E-state index contributed by atoms with van der Waals surface area (Å²) in [5.74, 6) is -2.41. The third kappa shape index (κ3) is 3.89. The molecule has 2 N–H and O–H groups in total. The van der Waals surface area contributed by atoms with Crippen LogP contribution < -0.4 is 10.6 Å². The van der Waals surface area contributed by atoms with Crippen LogP contribution in [0.3, 0.4) is 0 Å². The second-order valence-electron chi connectivity index (χ2n) is 4.78. The van der Waals surface area contributed by atoms with Crippen LogP contribution in [0.5, 0.6) is 0 Å². The van der Waals surface area contributed by atoms with E-state index in [4.69, 9.17) is 16.9 Å². The van der Waals surface area contributed by atoms with Crippen LogP contribution in [-0.4, -0.2) is 5.91 Å². The van der Waals surface area contributed by atoms with Gasteiger partial charge in [-0.15, -0.1) is 0 Å². The first-order chi connectivity index (χ1) is 11.4. The van der Waals surface area contributed by atoms with E-state index in [1.54, 1.807) is 31.2 Å². The molecule has 0 fully saturated rings. The lowest BCUT2D eigenvalue weighted by atomic mass is 10.2. The fourth-order valence-electron chi connectivity index (χ4n) is 1.86. The van der Waals surface area contributed by atoms with Crippen molar-refractivity contribution in [1.29, 1.82) is 5.26 Å². The molecule has 2 rings (SSSR count). The zero-order valence-electron chi connectivity index (χ0n) is 12.5. The number of carbonyl (C=O) groups is 1. The largest absolute Gasteiger partial charge is 0.355 e. The van der Waals surface area contributed by atoms with Gasteiger partial charge in [0.15, 0.2) is 0 Å². The van der Waals surface area contributed by atoms with Gasteiger partial charge in [-0.2, -0.15) is 5.26 Å². The maximum Gasteiger partial charge on any atom is 0.267 e. The number of halogens is 3. The van der Waals surface area contributed by atoms with E-state index in [1.165, 1.54) is 6.07 Å². The Morgan fingerprint density at radius 1 is 1.21 bits per heavy atom. The van der Waals surface area contributed by atoms with Crippen LogP contribution in [0, 0.1) is 29.9 Å². The summed E-state index contributed by atoms with van der Waals surface area (Å²) < 4.78 is 27.0. The maximum absolute atomic E-state index is 13.5. The number of nitrogens with zero attached hydrogens (tertiary/aromatic N) is 1. The predicted molar refractivity (Wildman–Crippen MR) is 88.5 cm³/mol. The first-order valence-electron chi connectivity index (χ1n) is 6.81. The average molecular weight is 348 g/mol. The van der Waals surface area contributed by atoms with Crippen LogP contribution in [0.25, 0.3) is 0 Å². The molecule has 0 bridgehead atoms. The molecule has 0 aliphatic carbocycles. The highest BCUT2D eigenvalue weighted by Gasteiger charge is 2.13. The average Bonchev–Trinajstić information content (AvgIpc) is 2.54. The molecule has 1 amide bonds. The molecule has 0 radical (unpaired) electrons. The summed E-state index contributed by atoms with van der Waals surface area (Å²) in [7, 11) is 0. The molecular weight excluding hydrogens is 336 g/mol. The number of para-hydroxylation sites is 1. The number of nitrogens with one attached hydrogen (secondary N) is 2. The fraction of sp³-hybridized carbons (Fsp3) is 0.0588. The Kier molecular flexibility index (Phi) is 5.51.